The van der Waals surface area contributed by atoms with E-state index in [-0.39, 0.29) is 5.97 Å². The Hall–Kier alpha value is -0.870. The largest absolute Gasteiger partial charge is 0.466 e. The van der Waals surface area contributed by atoms with Gasteiger partial charge in [0.2, 0.25) is 0 Å². The summed E-state index contributed by atoms with van der Waals surface area (Å²) in [6.45, 7) is 3.96. The van der Waals surface area contributed by atoms with E-state index in [1.54, 1.807) is 0 Å². The van der Waals surface area contributed by atoms with Crippen LogP contribution in [0, 0.1) is 0 Å². The third kappa shape index (κ3) is 12.2. The number of alkyl halides is 1. The molecule has 3 nitrogen and oxygen atoms in total. The van der Waals surface area contributed by atoms with E-state index in [0.717, 1.165) is 31.0 Å². The van der Waals surface area contributed by atoms with Gasteiger partial charge >= 0.3 is 5.97 Å². The summed E-state index contributed by atoms with van der Waals surface area (Å²) in [5, 5.41) is 1.05. The van der Waals surface area contributed by atoms with Crippen LogP contribution in [0.15, 0.2) is 24.3 Å². The van der Waals surface area contributed by atoms with Gasteiger partial charge in [0.15, 0.2) is 0 Å². The maximum atomic E-state index is 11.6. The molecule has 0 heterocycles. The zero-order valence-corrected chi connectivity index (χ0v) is 17.2. The van der Waals surface area contributed by atoms with E-state index < -0.39 is 0 Å². The van der Waals surface area contributed by atoms with Crippen LogP contribution in [0.25, 0.3) is 0 Å². The van der Waals surface area contributed by atoms with Crippen molar-refractivity contribution in [1.82, 2.24) is 0 Å². The van der Waals surface area contributed by atoms with Crippen molar-refractivity contribution in [3.8, 4) is 0 Å². The van der Waals surface area contributed by atoms with Gasteiger partial charge in [0, 0.05) is 18.4 Å². The van der Waals surface area contributed by atoms with Gasteiger partial charge in [-0.15, -0.1) is 0 Å². The summed E-state index contributed by atoms with van der Waals surface area (Å²) in [4.78, 5) is 11.6. The first-order valence-corrected chi connectivity index (χ1v) is 10.8. The summed E-state index contributed by atoms with van der Waals surface area (Å²) in [5.74, 6) is -0.107. The van der Waals surface area contributed by atoms with Gasteiger partial charge in [0.05, 0.1) is 13.2 Å². The van der Waals surface area contributed by atoms with E-state index in [1.807, 2.05) is 0 Å². The molecule has 0 saturated carbocycles. The molecule has 0 aliphatic rings. The van der Waals surface area contributed by atoms with Crippen LogP contribution in [0.3, 0.4) is 0 Å². The third-order valence-electron chi connectivity index (χ3n) is 4.07. The number of unbranched alkanes of at least 4 members (excludes halogenated alkanes) is 4. The number of hydrogen-bond donors (Lipinski definition) is 0. The molecule has 0 spiro atoms. The van der Waals surface area contributed by atoms with Crippen molar-refractivity contribution >= 4 is 21.9 Å². The van der Waals surface area contributed by atoms with Gasteiger partial charge in [0.1, 0.15) is 0 Å². The quantitative estimate of drug-likeness (QED) is 0.206. The molecule has 0 aliphatic carbocycles. The summed E-state index contributed by atoms with van der Waals surface area (Å²) in [7, 11) is 0. The molecule has 0 atom stereocenters. The van der Waals surface area contributed by atoms with Crippen molar-refractivity contribution < 1.29 is 14.3 Å². The number of halogens is 1. The highest BCUT2D eigenvalue weighted by molar-refractivity contribution is 9.09. The van der Waals surface area contributed by atoms with Crippen molar-refractivity contribution in [3.63, 3.8) is 0 Å². The standard InChI is InChI=1S/C21H33BrO3/c1-2-3-9-19-11-13-20(14-12-19)18-24-16-8-10-21(23)25-17-7-5-4-6-15-22/h11-14H,2-10,15-18H2,1H3. The number of carbonyl (C=O) groups excluding carboxylic acids is 1. The molecule has 0 aromatic heterocycles. The number of hydrogen-bond acceptors (Lipinski definition) is 3. The highest BCUT2D eigenvalue weighted by atomic mass is 79.9. The highest BCUT2D eigenvalue weighted by Gasteiger charge is 2.03. The number of rotatable bonds is 15. The fourth-order valence-electron chi connectivity index (χ4n) is 2.50. The Morgan fingerprint density at radius 1 is 0.920 bits per heavy atom. The second-order valence-corrected chi connectivity index (χ2v) is 7.19. The zero-order chi connectivity index (χ0) is 18.2. The fourth-order valence-corrected chi connectivity index (χ4v) is 2.90. The minimum absolute atomic E-state index is 0.107. The van der Waals surface area contributed by atoms with E-state index in [1.165, 1.54) is 36.8 Å². The SMILES string of the molecule is CCCCc1ccc(COCCCC(=O)OCCCCCCBr)cc1. The first-order chi connectivity index (χ1) is 12.3. The smallest absolute Gasteiger partial charge is 0.305 e. The molecule has 0 radical (unpaired) electrons. The van der Waals surface area contributed by atoms with Crippen LogP contribution in [0.4, 0.5) is 0 Å². The second kappa shape index (κ2) is 15.4. The summed E-state index contributed by atoms with van der Waals surface area (Å²) in [6.07, 6.45) is 9.24. The Balaban J connectivity index is 1.99. The van der Waals surface area contributed by atoms with E-state index in [4.69, 9.17) is 9.47 Å². The molecule has 0 N–H and O–H groups in total. The van der Waals surface area contributed by atoms with Crippen molar-refractivity contribution in [2.24, 2.45) is 0 Å². The van der Waals surface area contributed by atoms with Crippen molar-refractivity contribution in [2.75, 3.05) is 18.5 Å². The number of esters is 1. The lowest BCUT2D eigenvalue weighted by molar-refractivity contribution is -0.144. The molecule has 0 fully saturated rings. The highest BCUT2D eigenvalue weighted by Crippen LogP contribution is 2.09. The molecule has 0 aliphatic heterocycles. The average molecular weight is 413 g/mol. The second-order valence-electron chi connectivity index (χ2n) is 6.40. The lowest BCUT2D eigenvalue weighted by Gasteiger charge is -2.07. The molecule has 1 rings (SSSR count). The molecule has 4 heteroatoms. The lowest BCUT2D eigenvalue weighted by Crippen LogP contribution is -2.07. The van der Waals surface area contributed by atoms with Gasteiger partial charge in [-0.2, -0.15) is 0 Å². The molecular formula is C21H33BrO3. The van der Waals surface area contributed by atoms with Gasteiger partial charge in [-0.05, 0) is 43.2 Å². The number of benzene rings is 1. The van der Waals surface area contributed by atoms with E-state index >= 15 is 0 Å². The topological polar surface area (TPSA) is 35.5 Å². The Labute approximate surface area is 161 Å². The van der Waals surface area contributed by atoms with Crippen molar-refractivity contribution in [1.29, 1.82) is 0 Å². The van der Waals surface area contributed by atoms with Gasteiger partial charge < -0.3 is 9.47 Å². The van der Waals surface area contributed by atoms with Crippen molar-refractivity contribution in [2.45, 2.75) is 71.3 Å². The van der Waals surface area contributed by atoms with Crippen LogP contribution in [-0.2, 0) is 27.3 Å². The van der Waals surface area contributed by atoms with Crippen LogP contribution >= 0.6 is 15.9 Å². The molecule has 25 heavy (non-hydrogen) atoms. The maximum Gasteiger partial charge on any atom is 0.305 e. The Kier molecular flexibility index (Phi) is 13.6. The summed E-state index contributed by atoms with van der Waals surface area (Å²) in [6, 6.07) is 8.64. The van der Waals surface area contributed by atoms with Crippen LogP contribution in [-0.4, -0.2) is 24.5 Å². The molecule has 1 aromatic rings. The molecule has 0 unspecified atom stereocenters. The Morgan fingerprint density at radius 2 is 1.64 bits per heavy atom. The zero-order valence-electron chi connectivity index (χ0n) is 15.6. The van der Waals surface area contributed by atoms with Gasteiger partial charge in [-0.25, -0.2) is 0 Å². The Morgan fingerprint density at radius 3 is 2.36 bits per heavy atom. The van der Waals surface area contributed by atoms with Crippen LogP contribution in [0.2, 0.25) is 0 Å². The Bertz CT molecular complexity index is 445. The van der Waals surface area contributed by atoms with Crippen LogP contribution in [0.5, 0.6) is 0 Å². The van der Waals surface area contributed by atoms with Gasteiger partial charge in [0.25, 0.3) is 0 Å². The number of carbonyl (C=O) groups is 1. The number of aryl methyl sites for hydroxylation is 1. The van der Waals surface area contributed by atoms with Gasteiger partial charge in [-0.1, -0.05) is 66.4 Å². The molecule has 1 aromatic carbocycles. The lowest BCUT2D eigenvalue weighted by atomic mass is 10.1. The molecular weight excluding hydrogens is 380 g/mol. The van der Waals surface area contributed by atoms with Crippen molar-refractivity contribution in [3.05, 3.63) is 35.4 Å². The first-order valence-electron chi connectivity index (χ1n) is 9.63. The van der Waals surface area contributed by atoms with E-state index in [2.05, 4.69) is 47.1 Å². The van der Waals surface area contributed by atoms with Crippen LogP contribution in [0.1, 0.15) is 69.4 Å². The fraction of sp³-hybridized carbons (Fsp3) is 0.667. The minimum Gasteiger partial charge on any atom is -0.466 e. The van der Waals surface area contributed by atoms with Gasteiger partial charge in [-0.3, -0.25) is 4.79 Å². The van der Waals surface area contributed by atoms with E-state index in [9.17, 15) is 4.79 Å². The predicted octanol–water partition coefficient (Wildman–Crippen LogP) is 5.82. The number of ether oxygens (including phenoxy) is 2. The minimum atomic E-state index is -0.107. The summed E-state index contributed by atoms with van der Waals surface area (Å²) in [5.41, 5.74) is 2.58. The summed E-state index contributed by atoms with van der Waals surface area (Å²) >= 11 is 3.41. The monoisotopic (exact) mass is 412 g/mol. The van der Waals surface area contributed by atoms with E-state index in [0.29, 0.717) is 26.2 Å². The molecule has 0 bridgehead atoms. The average Bonchev–Trinajstić information content (AvgIpc) is 2.63. The molecule has 0 amide bonds. The van der Waals surface area contributed by atoms with Crippen LogP contribution < -0.4 is 0 Å². The molecule has 0 saturated heterocycles. The molecule has 142 valence electrons. The predicted molar refractivity (Wildman–Crippen MR) is 107 cm³/mol. The summed E-state index contributed by atoms with van der Waals surface area (Å²) < 4.78 is 10.9. The third-order valence-corrected chi connectivity index (χ3v) is 4.63. The first kappa shape index (κ1) is 22.2. The normalized spacial score (nSPS) is 10.8. The maximum absolute atomic E-state index is 11.6.